The molecule has 0 radical (unpaired) electrons. The van der Waals surface area contributed by atoms with E-state index in [1.165, 1.54) is 0 Å². The van der Waals surface area contributed by atoms with E-state index in [-0.39, 0.29) is 5.91 Å². The molecular weight excluding hydrogens is 196 g/mol. The third-order valence-electron chi connectivity index (χ3n) is 2.93. The molecular formula is C10H18N2O3. The van der Waals surface area contributed by atoms with Crippen molar-refractivity contribution in [1.29, 1.82) is 0 Å². The van der Waals surface area contributed by atoms with Crippen molar-refractivity contribution in [3.05, 3.63) is 0 Å². The second-order valence-corrected chi connectivity index (χ2v) is 4.49. The molecule has 1 aliphatic heterocycles. The number of carbonyl (C=O) groups excluding carboxylic acids is 1. The standard InChI is InChI=1S/C10H18N2O3/c13-8-5-12(6-9(8)14)4-3-10(15)11-7-1-2-7/h7-9,13-14H,1-6H2,(H,11,15). The monoisotopic (exact) mass is 214 g/mol. The van der Waals surface area contributed by atoms with E-state index in [1.54, 1.807) is 0 Å². The molecule has 2 rings (SSSR count). The van der Waals surface area contributed by atoms with E-state index in [0.29, 0.717) is 32.1 Å². The second-order valence-electron chi connectivity index (χ2n) is 4.49. The minimum absolute atomic E-state index is 0.0772. The topological polar surface area (TPSA) is 72.8 Å². The Labute approximate surface area is 89.1 Å². The smallest absolute Gasteiger partial charge is 0.221 e. The van der Waals surface area contributed by atoms with Gasteiger partial charge in [-0.1, -0.05) is 0 Å². The first-order valence-electron chi connectivity index (χ1n) is 5.53. The van der Waals surface area contributed by atoms with Crippen molar-refractivity contribution >= 4 is 5.91 Å². The van der Waals surface area contributed by atoms with Gasteiger partial charge in [0.05, 0.1) is 12.2 Å². The fourth-order valence-corrected chi connectivity index (χ4v) is 1.82. The van der Waals surface area contributed by atoms with Gasteiger partial charge in [0, 0.05) is 32.1 Å². The molecule has 0 bridgehead atoms. The lowest BCUT2D eigenvalue weighted by Gasteiger charge is -2.13. The van der Waals surface area contributed by atoms with E-state index in [2.05, 4.69) is 5.32 Å². The Balaban J connectivity index is 1.62. The van der Waals surface area contributed by atoms with Crippen LogP contribution in [0.15, 0.2) is 0 Å². The second kappa shape index (κ2) is 4.47. The third-order valence-corrected chi connectivity index (χ3v) is 2.93. The Morgan fingerprint density at radius 2 is 1.87 bits per heavy atom. The maximum absolute atomic E-state index is 11.4. The average Bonchev–Trinajstić information content (AvgIpc) is 2.92. The Kier molecular flexibility index (Phi) is 3.23. The molecule has 1 amide bonds. The summed E-state index contributed by atoms with van der Waals surface area (Å²) < 4.78 is 0. The lowest BCUT2D eigenvalue weighted by Crippen LogP contribution is -2.31. The van der Waals surface area contributed by atoms with Gasteiger partial charge in [0.25, 0.3) is 0 Å². The number of hydrogen-bond donors (Lipinski definition) is 3. The first kappa shape index (κ1) is 10.9. The van der Waals surface area contributed by atoms with Crippen molar-refractivity contribution in [3.63, 3.8) is 0 Å². The lowest BCUT2D eigenvalue weighted by atomic mass is 10.3. The summed E-state index contributed by atoms with van der Waals surface area (Å²) in [5.74, 6) is 0.0772. The molecule has 0 aromatic heterocycles. The van der Waals surface area contributed by atoms with Gasteiger partial charge < -0.3 is 15.5 Å². The Hall–Kier alpha value is -0.650. The van der Waals surface area contributed by atoms with Crippen LogP contribution in [0.3, 0.4) is 0 Å². The van der Waals surface area contributed by atoms with E-state index in [1.807, 2.05) is 4.90 Å². The van der Waals surface area contributed by atoms with Crippen LogP contribution in [0.25, 0.3) is 0 Å². The minimum Gasteiger partial charge on any atom is -0.389 e. The van der Waals surface area contributed by atoms with Gasteiger partial charge in [0.2, 0.25) is 5.91 Å². The SMILES string of the molecule is O=C(CCN1CC(O)C(O)C1)NC1CC1. The highest BCUT2D eigenvalue weighted by atomic mass is 16.3. The quantitative estimate of drug-likeness (QED) is 0.543. The molecule has 2 fully saturated rings. The molecule has 15 heavy (non-hydrogen) atoms. The number of hydrogen-bond acceptors (Lipinski definition) is 4. The summed E-state index contributed by atoms with van der Waals surface area (Å²) in [7, 11) is 0. The molecule has 0 spiro atoms. The van der Waals surface area contributed by atoms with E-state index < -0.39 is 12.2 Å². The largest absolute Gasteiger partial charge is 0.389 e. The van der Waals surface area contributed by atoms with Gasteiger partial charge in [0.15, 0.2) is 0 Å². The molecule has 3 N–H and O–H groups in total. The van der Waals surface area contributed by atoms with Gasteiger partial charge >= 0.3 is 0 Å². The van der Waals surface area contributed by atoms with E-state index >= 15 is 0 Å². The molecule has 2 unspecified atom stereocenters. The van der Waals surface area contributed by atoms with E-state index in [0.717, 1.165) is 12.8 Å². The average molecular weight is 214 g/mol. The summed E-state index contributed by atoms with van der Waals surface area (Å²) in [5, 5.41) is 21.5. The summed E-state index contributed by atoms with van der Waals surface area (Å²) in [4.78, 5) is 13.3. The van der Waals surface area contributed by atoms with Crippen LogP contribution in [0.4, 0.5) is 0 Å². The van der Waals surface area contributed by atoms with Crippen LogP contribution in [0.1, 0.15) is 19.3 Å². The van der Waals surface area contributed by atoms with Gasteiger partial charge in [0.1, 0.15) is 0 Å². The molecule has 2 atom stereocenters. The third kappa shape index (κ3) is 3.15. The van der Waals surface area contributed by atoms with Crippen LogP contribution in [-0.4, -0.2) is 58.9 Å². The first-order valence-corrected chi connectivity index (χ1v) is 5.53. The molecule has 0 aromatic carbocycles. The normalized spacial score (nSPS) is 31.9. The summed E-state index contributed by atoms with van der Waals surface area (Å²) in [6, 6.07) is 0.409. The Morgan fingerprint density at radius 1 is 1.27 bits per heavy atom. The van der Waals surface area contributed by atoms with Crippen LogP contribution in [-0.2, 0) is 4.79 Å². The fraction of sp³-hybridized carbons (Fsp3) is 0.900. The number of nitrogens with zero attached hydrogens (tertiary/aromatic N) is 1. The van der Waals surface area contributed by atoms with Gasteiger partial charge in [-0.15, -0.1) is 0 Å². The van der Waals surface area contributed by atoms with Gasteiger partial charge in [-0.2, -0.15) is 0 Å². The number of β-amino-alcohol motifs (C(OH)–C–C–N with tert-alkyl or cyclic N) is 2. The van der Waals surface area contributed by atoms with Crippen molar-refractivity contribution < 1.29 is 15.0 Å². The number of amides is 1. The maximum atomic E-state index is 11.4. The van der Waals surface area contributed by atoms with Crippen molar-refractivity contribution in [3.8, 4) is 0 Å². The number of rotatable bonds is 4. The molecule has 1 saturated carbocycles. The number of nitrogens with one attached hydrogen (secondary N) is 1. The first-order chi connectivity index (χ1) is 7.15. The Morgan fingerprint density at radius 3 is 2.40 bits per heavy atom. The van der Waals surface area contributed by atoms with Gasteiger partial charge in [-0.05, 0) is 12.8 Å². The van der Waals surface area contributed by atoms with Crippen LogP contribution in [0.5, 0.6) is 0 Å². The van der Waals surface area contributed by atoms with Gasteiger partial charge in [-0.3, -0.25) is 9.69 Å². The van der Waals surface area contributed by atoms with Crippen molar-refractivity contribution in [2.45, 2.75) is 37.5 Å². The van der Waals surface area contributed by atoms with E-state index in [4.69, 9.17) is 0 Å². The molecule has 2 aliphatic rings. The van der Waals surface area contributed by atoms with Gasteiger partial charge in [-0.25, -0.2) is 0 Å². The predicted octanol–water partition coefficient (Wildman–Crippen LogP) is -1.31. The van der Waals surface area contributed by atoms with Crippen LogP contribution >= 0.6 is 0 Å². The summed E-state index contributed by atoms with van der Waals surface area (Å²) >= 11 is 0. The zero-order valence-corrected chi connectivity index (χ0v) is 8.72. The lowest BCUT2D eigenvalue weighted by molar-refractivity contribution is -0.121. The highest BCUT2D eigenvalue weighted by Gasteiger charge is 2.29. The number of carbonyl (C=O) groups is 1. The maximum Gasteiger partial charge on any atom is 0.221 e. The van der Waals surface area contributed by atoms with Crippen molar-refractivity contribution in [2.24, 2.45) is 0 Å². The van der Waals surface area contributed by atoms with Crippen molar-refractivity contribution in [1.82, 2.24) is 10.2 Å². The number of likely N-dealkylation sites (tertiary alicyclic amines) is 1. The van der Waals surface area contributed by atoms with Crippen LogP contribution in [0, 0.1) is 0 Å². The molecule has 5 heteroatoms. The number of aliphatic hydroxyl groups is 2. The fourth-order valence-electron chi connectivity index (χ4n) is 1.82. The Bertz CT molecular complexity index is 233. The van der Waals surface area contributed by atoms with Crippen LogP contribution < -0.4 is 5.32 Å². The summed E-state index contributed by atoms with van der Waals surface area (Å²) in [6.07, 6.45) is 1.35. The van der Waals surface area contributed by atoms with Crippen molar-refractivity contribution in [2.75, 3.05) is 19.6 Å². The summed E-state index contributed by atoms with van der Waals surface area (Å²) in [5.41, 5.74) is 0. The zero-order valence-electron chi connectivity index (χ0n) is 8.72. The molecule has 0 aromatic rings. The predicted molar refractivity (Wildman–Crippen MR) is 54.2 cm³/mol. The summed E-state index contributed by atoms with van der Waals surface area (Å²) in [6.45, 7) is 1.56. The minimum atomic E-state index is -0.656. The zero-order chi connectivity index (χ0) is 10.8. The van der Waals surface area contributed by atoms with E-state index in [9.17, 15) is 15.0 Å². The number of aliphatic hydroxyl groups excluding tert-OH is 2. The molecule has 86 valence electrons. The highest BCUT2D eigenvalue weighted by Crippen LogP contribution is 2.18. The molecule has 1 heterocycles. The molecule has 1 aliphatic carbocycles. The molecule has 5 nitrogen and oxygen atoms in total. The van der Waals surface area contributed by atoms with Crippen LogP contribution in [0.2, 0.25) is 0 Å². The highest BCUT2D eigenvalue weighted by molar-refractivity contribution is 5.76. The molecule has 1 saturated heterocycles.